The van der Waals surface area contributed by atoms with Gasteiger partial charge in [-0.1, -0.05) is 19.1 Å². The van der Waals surface area contributed by atoms with E-state index in [4.69, 9.17) is 4.74 Å². The van der Waals surface area contributed by atoms with Crippen LogP contribution in [0.3, 0.4) is 0 Å². The van der Waals surface area contributed by atoms with Gasteiger partial charge in [-0.25, -0.2) is 4.21 Å². The number of fused-ring (bicyclic) bond motifs is 2. The Balaban J connectivity index is 2.06. The van der Waals surface area contributed by atoms with E-state index in [1.54, 1.807) is 7.11 Å². The van der Waals surface area contributed by atoms with Crippen LogP contribution in [-0.4, -0.2) is 43.4 Å². The van der Waals surface area contributed by atoms with Gasteiger partial charge in [-0.3, -0.25) is 0 Å². The van der Waals surface area contributed by atoms with Crippen LogP contribution in [0.1, 0.15) is 6.92 Å². The third-order valence-corrected chi connectivity index (χ3v) is 5.67. The molecule has 24 heavy (non-hydrogen) atoms. The van der Waals surface area contributed by atoms with E-state index < -0.39 is 10.8 Å². The number of nitrogens with zero attached hydrogens (tertiary/aromatic N) is 2. The summed E-state index contributed by atoms with van der Waals surface area (Å²) in [7, 11) is 4.69. The maximum absolute atomic E-state index is 13.0. The molecule has 0 radical (unpaired) electrons. The smallest absolute Gasteiger partial charge is 0.121 e. The number of methoxy groups -OCH3 is 1. The largest absolute Gasteiger partial charge is 0.497 e. The molecular weight excluding hydrogens is 320 g/mol. The molecule has 0 N–H and O–H groups in total. The monoisotopic (exact) mass is 344 g/mol. The standard InChI is InChI=1S/C19H24N2O2S/c1-14(12-20(2)3)13-21-16-7-5-6-8-18(16)24(22)19-10-9-15(23-4)11-17(19)21/h5-11,14H,12-13H2,1-4H3/t14-,24?/m1/s1. The van der Waals surface area contributed by atoms with Crippen LogP contribution >= 0.6 is 0 Å². The summed E-state index contributed by atoms with van der Waals surface area (Å²) >= 11 is 0. The number of benzene rings is 2. The maximum atomic E-state index is 13.0. The van der Waals surface area contributed by atoms with Crippen molar-refractivity contribution in [1.29, 1.82) is 0 Å². The van der Waals surface area contributed by atoms with Gasteiger partial charge in [-0.2, -0.15) is 0 Å². The van der Waals surface area contributed by atoms with E-state index in [-0.39, 0.29) is 0 Å². The summed E-state index contributed by atoms with van der Waals surface area (Å²) in [4.78, 5) is 6.22. The van der Waals surface area contributed by atoms with Crippen LogP contribution in [-0.2, 0) is 10.8 Å². The van der Waals surface area contributed by atoms with Gasteiger partial charge in [0.25, 0.3) is 0 Å². The van der Waals surface area contributed by atoms with Gasteiger partial charge < -0.3 is 14.5 Å². The molecule has 0 bridgehead atoms. The third-order valence-electron chi connectivity index (χ3n) is 4.18. The minimum Gasteiger partial charge on any atom is -0.497 e. The van der Waals surface area contributed by atoms with E-state index >= 15 is 0 Å². The summed E-state index contributed by atoms with van der Waals surface area (Å²) in [5, 5.41) is 0. The van der Waals surface area contributed by atoms with Gasteiger partial charge in [0, 0.05) is 19.2 Å². The highest BCUT2D eigenvalue weighted by Gasteiger charge is 2.29. The van der Waals surface area contributed by atoms with E-state index in [0.717, 1.165) is 40.0 Å². The maximum Gasteiger partial charge on any atom is 0.121 e. The zero-order valence-electron chi connectivity index (χ0n) is 14.7. The molecule has 0 saturated heterocycles. The zero-order chi connectivity index (χ0) is 17.3. The predicted molar refractivity (Wildman–Crippen MR) is 98.8 cm³/mol. The lowest BCUT2D eigenvalue weighted by Crippen LogP contribution is -2.32. The summed E-state index contributed by atoms with van der Waals surface area (Å²) in [6, 6.07) is 13.8. The van der Waals surface area contributed by atoms with Gasteiger partial charge in [0.1, 0.15) is 5.75 Å². The van der Waals surface area contributed by atoms with E-state index in [1.165, 1.54) is 0 Å². The number of anilines is 2. The van der Waals surface area contributed by atoms with Gasteiger partial charge in [-0.05, 0) is 44.3 Å². The molecule has 5 heteroatoms. The predicted octanol–water partition coefficient (Wildman–Crippen LogP) is 3.51. The second-order valence-corrected chi connectivity index (χ2v) is 7.97. The molecule has 0 aromatic heterocycles. The van der Waals surface area contributed by atoms with Crippen molar-refractivity contribution in [3.63, 3.8) is 0 Å². The van der Waals surface area contributed by atoms with Crippen molar-refractivity contribution in [3.8, 4) is 5.75 Å². The Bertz CT molecular complexity index is 761. The number of hydrogen-bond donors (Lipinski definition) is 0. The number of hydrogen-bond acceptors (Lipinski definition) is 4. The molecule has 2 aromatic carbocycles. The highest BCUT2D eigenvalue weighted by molar-refractivity contribution is 7.85. The van der Waals surface area contributed by atoms with E-state index in [0.29, 0.717) is 5.92 Å². The van der Waals surface area contributed by atoms with Crippen molar-refractivity contribution >= 4 is 22.2 Å². The summed E-state index contributed by atoms with van der Waals surface area (Å²) in [5.41, 5.74) is 2.01. The first kappa shape index (κ1) is 17.0. The molecule has 128 valence electrons. The van der Waals surface area contributed by atoms with Crippen LogP contribution in [0.15, 0.2) is 52.3 Å². The quantitative estimate of drug-likeness (QED) is 0.831. The number of para-hydroxylation sites is 1. The highest BCUT2D eigenvalue weighted by Crippen LogP contribution is 2.43. The van der Waals surface area contributed by atoms with E-state index in [9.17, 15) is 4.21 Å². The molecule has 2 atom stereocenters. The molecule has 3 rings (SSSR count). The summed E-state index contributed by atoms with van der Waals surface area (Å²) in [6.45, 7) is 4.11. The molecule has 1 aliphatic rings. The third kappa shape index (κ3) is 3.19. The van der Waals surface area contributed by atoms with Crippen LogP contribution < -0.4 is 9.64 Å². The fourth-order valence-electron chi connectivity index (χ4n) is 3.27. The van der Waals surface area contributed by atoms with Crippen LogP contribution in [0, 0.1) is 5.92 Å². The number of rotatable bonds is 5. The van der Waals surface area contributed by atoms with Gasteiger partial charge in [0.15, 0.2) is 0 Å². The second-order valence-electron chi connectivity index (χ2n) is 6.55. The molecule has 1 heterocycles. The Labute approximate surface area is 146 Å². The average Bonchev–Trinajstić information content (AvgIpc) is 2.57. The van der Waals surface area contributed by atoms with Gasteiger partial charge in [-0.15, -0.1) is 0 Å². The van der Waals surface area contributed by atoms with E-state index in [2.05, 4.69) is 36.9 Å². The first-order valence-corrected chi connectivity index (χ1v) is 9.27. The van der Waals surface area contributed by atoms with Crippen molar-refractivity contribution in [2.24, 2.45) is 5.92 Å². The fourth-order valence-corrected chi connectivity index (χ4v) is 4.62. The molecule has 0 saturated carbocycles. The zero-order valence-corrected chi connectivity index (χ0v) is 15.5. The first-order valence-electron chi connectivity index (χ1n) is 8.12. The molecular formula is C19H24N2O2S. The topological polar surface area (TPSA) is 32.8 Å². The Morgan fingerprint density at radius 3 is 2.54 bits per heavy atom. The van der Waals surface area contributed by atoms with Crippen molar-refractivity contribution in [2.45, 2.75) is 16.7 Å². The molecule has 4 nitrogen and oxygen atoms in total. The Morgan fingerprint density at radius 1 is 1.12 bits per heavy atom. The van der Waals surface area contributed by atoms with Crippen molar-refractivity contribution < 1.29 is 8.95 Å². The Kier molecular flexibility index (Phi) is 4.92. The minimum absolute atomic E-state index is 0.471. The molecule has 2 aromatic rings. The van der Waals surface area contributed by atoms with Gasteiger partial charge in [0.2, 0.25) is 0 Å². The van der Waals surface area contributed by atoms with Crippen LogP contribution in [0.2, 0.25) is 0 Å². The fraction of sp³-hybridized carbons (Fsp3) is 0.368. The highest BCUT2D eigenvalue weighted by atomic mass is 32.2. The van der Waals surface area contributed by atoms with Crippen molar-refractivity contribution in [1.82, 2.24) is 4.90 Å². The lowest BCUT2D eigenvalue weighted by molar-refractivity contribution is 0.342. The molecule has 1 aliphatic heterocycles. The van der Waals surface area contributed by atoms with Crippen molar-refractivity contribution in [3.05, 3.63) is 42.5 Å². The molecule has 1 unspecified atom stereocenters. The normalized spacial score (nSPS) is 17.4. The lowest BCUT2D eigenvalue weighted by Gasteiger charge is -2.35. The van der Waals surface area contributed by atoms with E-state index in [1.807, 2.05) is 36.4 Å². The lowest BCUT2D eigenvalue weighted by atomic mass is 10.1. The molecule has 0 aliphatic carbocycles. The van der Waals surface area contributed by atoms with Gasteiger partial charge >= 0.3 is 0 Å². The summed E-state index contributed by atoms with van der Waals surface area (Å²) in [5.74, 6) is 1.26. The molecule has 0 amide bonds. The first-order chi connectivity index (χ1) is 11.5. The Hall–Kier alpha value is -1.85. The summed E-state index contributed by atoms with van der Waals surface area (Å²) in [6.07, 6.45) is 0. The minimum atomic E-state index is -1.15. The second kappa shape index (κ2) is 6.95. The van der Waals surface area contributed by atoms with Crippen molar-refractivity contribution in [2.75, 3.05) is 39.2 Å². The molecule has 0 spiro atoms. The Morgan fingerprint density at radius 2 is 1.83 bits per heavy atom. The average molecular weight is 344 g/mol. The van der Waals surface area contributed by atoms with Crippen LogP contribution in [0.25, 0.3) is 0 Å². The van der Waals surface area contributed by atoms with Crippen LogP contribution in [0.4, 0.5) is 11.4 Å². The van der Waals surface area contributed by atoms with Crippen LogP contribution in [0.5, 0.6) is 5.75 Å². The SMILES string of the molecule is COc1ccc2c(c1)N(C[C@H](C)CN(C)C)c1ccccc1S2=O. The number of ether oxygens (including phenoxy) is 1. The molecule has 0 fully saturated rings. The van der Waals surface area contributed by atoms with Gasteiger partial charge in [0.05, 0.1) is 39.1 Å². The summed E-state index contributed by atoms with van der Waals surface area (Å²) < 4.78 is 18.3.